The van der Waals surface area contributed by atoms with Crippen LogP contribution in [0.3, 0.4) is 0 Å². The van der Waals surface area contributed by atoms with Crippen LogP contribution in [-0.2, 0) is 0 Å². The summed E-state index contributed by atoms with van der Waals surface area (Å²) in [6.07, 6.45) is 5.13. The summed E-state index contributed by atoms with van der Waals surface area (Å²) in [5.74, 6) is 2.55. The fourth-order valence-electron chi connectivity index (χ4n) is 3.85. The highest BCUT2D eigenvalue weighted by molar-refractivity contribution is 7.80. The van der Waals surface area contributed by atoms with E-state index >= 15 is 0 Å². The van der Waals surface area contributed by atoms with E-state index < -0.39 is 0 Å². The molecule has 0 radical (unpaired) electrons. The quantitative estimate of drug-likeness (QED) is 0.565. The second-order valence-corrected chi connectivity index (χ2v) is 6.81. The van der Waals surface area contributed by atoms with Crippen molar-refractivity contribution in [2.24, 2.45) is 11.8 Å². The second-order valence-electron chi connectivity index (χ2n) is 6.40. The molecule has 2 saturated carbocycles. The molecule has 1 heterocycles. The van der Waals surface area contributed by atoms with Crippen molar-refractivity contribution < 1.29 is 14.3 Å². The van der Waals surface area contributed by atoms with Crippen molar-refractivity contribution in [3.63, 3.8) is 0 Å². The zero-order valence-corrected chi connectivity index (χ0v) is 13.4. The lowest BCUT2D eigenvalue weighted by molar-refractivity contribution is 0.0943. The third-order valence-corrected chi connectivity index (χ3v) is 5.20. The van der Waals surface area contributed by atoms with Crippen LogP contribution in [0.25, 0.3) is 0 Å². The molecule has 1 aliphatic heterocycles. The molecule has 7 heteroatoms. The van der Waals surface area contributed by atoms with E-state index in [0.717, 1.165) is 11.8 Å². The van der Waals surface area contributed by atoms with Gasteiger partial charge in [0.25, 0.3) is 5.91 Å². The lowest BCUT2D eigenvalue weighted by Crippen LogP contribution is -2.50. The minimum Gasteiger partial charge on any atom is -0.454 e. The molecule has 1 aromatic rings. The number of thiocarbonyl (C=S) groups is 1. The molecule has 1 amide bonds. The van der Waals surface area contributed by atoms with Crippen LogP contribution in [0.5, 0.6) is 11.5 Å². The Balaban J connectivity index is 1.28. The first-order chi connectivity index (χ1) is 11.2. The number of benzene rings is 1. The molecule has 3 atom stereocenters. The molecule has 4 rings (SSSR count). The highest BCUT2D eigenvalue weighted by Gasteiger charge is 2.39. The average molecular weight is 333 g/mol. The second kappa shape index (κ2) is 5.88. The monoisotopic (exact) mass is 333 g/mol. The maximum Gasteiger partial charge on any atom is 0.269 e. The zero-order valence-electron chi connectivity index (χ0n) is 12.6. The Morgan fingerprint density at radius 2 is 2.00 bits per heavy atom. The fourth-order valence-corrected chi connectivity index (χ4v) is 4.05. The van der Waals surface area contributed by atoms with Crippen LogP contribution in [0, 0.1) is 11.8 Å². The summed E-state index contributed by atoms with van der Waals surface area (Å²) in [5.41, 5.74) is 5.89. The smallest absolute Gasteiger partial charge is 0.269 e. The maximum atomic E-state index is 12.2. The summed E-state index contributed by atoms with van der Waals surface area (Å²) in [5, 5.41) is 3.79. The van der Waals surface area contributed by atoms with Gasteiger partial charge in [-0.15, -0.1) is 0 Å². The van der Waals surface area contributed by atoms with Crippen LogP contribution < -0.4 is 25.6 Å². The lowest BCUT2D eigenvalue weighted by atomic mass is 9.96. The Hall–Kier alpha value is -2.02. The highest BCUT2D eigenvalue weighted by atomic mass is 32.1. The molecule has 23 heavy (non-hydrogen) atoms. The maximum absolute atomic E-state index is 12.2. The summed E-state index contributed by atoms with van der Waals surface area (Å²) in [6, 6.07) is 5.52. The molecule has 2 fully saturated rings. The van der Waals surface area contributed by atoms with Gasteiger partial charge in [-0.25, -0.2) is 0 Å². The summed E-state index contributed by atoms with van der Waals surface area (Å²) in [6.45, 7) is 0.191. The number of ether oxygens (including phenoxy) is 2. The topological polar surface area (TPSA) is 71.6 Å². The minimum absolute atomic E-state index is 0.191. The molecule has 0 saturated heterocycles. The van der Waals surface area contributed by atoms with E-state index in [1.807, 2.05) is 0 Å². The van der Waals surface area contributed by atoms with Crippen LogP contribution in [-0.4, -0.2) is 23.9 Å². The normalized spacial score (nSPS) is 26.9. The van der Waals surface area contributed by atoms with Crippen molar-refractivity contribution >= 4 is 23.2 Å². The summed E-state index contributed by atoms with van der Waals surface area (Å²) in [4.78, 5) is 12.2. The Kier molecular flexibility index (Phi) is 3.72. The molecule has 0 spiro atoms. The van der Waals surface area contributed by atoms with Crippen molar-refractivity contribution in [3.8, 4) is 11.5 Å². The van der Waals surface area contributed by atoms with Gasteiger partial charge in [-0.2, -0.15) is 0 Å². The summed E-state index contributed by atoms with van der Waals surface area (Å²) >= 11 is 5.27. The van der Waals surface area contributed by atoms with E-state index in [4.69, 9.17) is 21.7 Å². The first-order valence-corrected chi connectivity index (χ1v) is 8.36. The lowest BCUT2D eigenvalue weighted by Gasteiger charge is -2.24. The molecule has 3 N–H and O–H groups in total. The molecule has 0 unspecified atom stereocenters. The summed E-state index contributed by atoms with van der Waals surface area (Å²) in [7, 11) is 0. The third-order valence-electron chi connectivity index (χ3n) is 4.98. The SMILES string of the molecule is O=C(NNC(=S)N[C@@H]1C[C@@H]2CC[C@@H]1C2)c1ccc2c(c1)OCO2. The van der Waals surface area contributed by atoms with Crippen molar-refractivity contribution in [1.29, 1.82) is 0 Å². The molecular weight excluding hydrogens is 314 g/mol. The summed E-state index contributed by atoms with van der Waals surface area (Å²) < 4.78 is 10.5. The first kappa shape index (κ1) is 14.6. The van der Waals surface area contributed by atoms with Gasteiger partial charge in [-0.1, -0.05) is 6.42 Å². The molecule has 2 bridgehead atoms. The fraction of sp³-hybridized carbons (Fsp3) is 0.500. The van der Waals surface area contributed by atoms with Gasteiger partial charge in [0.15, 0.2) is 16.6 Å². The largest absolute Gasteiger partial charge is 0.454 e. The Bertz CT molecular complexity index is 651. The highest BCUT2D eigenvalue weighted by Crippen LogP contribution is 2.44. The molecule has 0 aromatic heterocycles. The van der Waals surface area contributed by atoms with E-state index in [1.165, 1.54) is 25.7 Å². The van der Waals surface area contributed by atoms with Gasteiger partial charge in [0.1, 0.15) is 0 Å². The predicted octanol–water partition coefficient (Wildman–Crippen LogP) is 1.71. The van der Waals surface area contributed by atoms with Gasteiger partial charge in [0.2, 0.25) is 6.79 Å². The van der Waals surface area contributed by atoms with E-state index in [-0.39, 0.29) is 12.7 Å². The van der Waals surface area contributed by atoms with Gasteiger partial charge in [0.05, 0.1) is 0 Å². The number of carbonyl (C=O) groups is 1. The zero-order chi connectivity index (χ0) is 15.8. The molecule has 122 valence electrons. The van der Waals surface area contributed by atoms with Gasteiger partial charge in [-0.05, 0) is 61.5 Å². The molecule has 3 aliphatic rings. The minimum atomic E-state index is -0.264. The predicted molar refractivity (Wildman–Crippen MR) is 88.1 cm³/mol. The van der Waals surface area contributed by atoms with Gasteiger partial charge < -0.3 is 14.8 Å². The van der Waals surface area contributed by atoms with Crippen molar-refractivity contribution in [2.75, 3.05) is 6.79 Å². The van der Waals surface area contributed by atoms with Crippen LogP contribution in [0.1, 0.15) is 36.0 Å². The number of fused-ring (bicyclic) bond motifs is 3. The molecule has 1 aromatic carbocycles. The van der Waals surface area contributed by atoms with Gasteiger partial charge in [0, 0.05) is 11.6 Å². The number of hydrogen-bond donors (Lipinski definition) is 3. The standard InChI is InChI=1S/C16H19N3O3S/c20-15(11-3-4-13-14(7-11)22-8-21-13)18-19-16(23)17-12-6-9-1-2-10(12)5-9/h3-4,7,9-10,12H,1-2,5-6,8H2,(H,18,20)(H2,17,19,23)/t9-,10-,12-/m1/s1. The van der Waals surface area contributed by atoms with Crippen molar-refractivity contribution in [1.82, 2.24) is 16.2 Å². The van der Waals surface area contributed by atoms with Crippen LogP contribution in [0.15, 0.2) is 18.2 Å². The van der Waals surface area contributed by atoms with Crippen molar-refractivity contribution in [3.05, 3.63) is 23.8 Å². The van der Waals surface area contributed by atoms with Crippen LogP contribution in [0.2, 0.25) is 0 Å². The molecule has 6 nitrogen and oxygen atoms in total. The molecular formula is C16H19N3O3S. The van der Waals surface area contributed by atoms with E-state index in [2.05, 4.69) is 16.2 Å². The average Bonchev–Trinajstić information content (AvgIpc) is 3.27. The Morgan fingerprint density at radius 3 is 2.78 bits per heavy atom. The van der Waals surface area contributed by atoms with E-state index in [1.54, 1.807) is 18.2 Å². The van der Waals surface area contributed by atoms with Crippen LogP contribution >= 0.6 is 12.2 Å². The number of nitrogens with one attached hydrogen (secondary N) is 3. The van der Waals surface area contributed by atoms with Gasteiger partial charge in [-0.3, -0.25) is 15.6 Å². The van der Waals surface area contributed by atoms with Crippen LogP contribution in [0.4, 0.5) is 0 Å². The van der Waals surface area contributed by atoms with Gasteiger partial charge >= 0.3 is 0 Å². The Labute approximate surface area is 139 Å². The molecule has 2 aliphatic carbocycles. The Morgan fingerprint density at radius 1 is 1.13 bits per heavy atom. The van der Waals surface area contributed by atoms with E-state index in [0.29, 0.717) is 28.2 Å². The van der Waals surface area contributed by atoms with Crippen molar-refractivity contribution in [2.45, 2.75) is 31.7 Å². The number of hydrazine groups is 1. The number of hydrogen-bond acceptors (Lipinski definition) is 4. The number of carbonyl (C=O) groups excluding carboxylic acids is 1. The third kappa shape index (κ3) is 2.93. The number of rotatable bonds is 2. The number of amides is 1. The first-order valence-electron chi connectivity index (χ1n) is 7.95. The van der Waals surface area contributed by atoms with E-state index in [9.17, 15) is 4.79 Å².